The molecular weight excluding hydrogens is 220 g/mol. The van der Waals surface area contributed by atoms with Crippen LogP contribution in [-0.4, -0.2) is 15.0 Å². The average molecular weight is 234 g/mol. The molecule has 0 atom stereocenters. The molecule has 2 heterocycles. The summed E-state index contributed by atoms with van der Waals surface area (Å²) in [6, 6.07) is 1.91. The van der Waals surface area contributed by atoms with Crippen LogP contribution in [0.15, 0.2) is 11.4 Å². The highest BCUT2D eigenvalue weighted by Crippen LogP contribution is 2.12. The lowest BCUT2D eigenvalue weighted by atomic mass is 10.3. The highest BCUT2D eigenvalue weighted by atomic mass is 32.1. The zero-order chi connectivity index (χ0) is 11.5. The minimum Gasteiger partial charge on any atom is -0.325 e. The van der Waals surface area contributed by atoms with Gasteiger partial charge in [0.2, 0.25) is 0 Å². The summed E-state index contributed by atoms with van der Waals surface area (Å²) in [5.74, 6) is 0.801. The Morgan fingerprint density at radius 3 is 2.62 bits per heavy atom. The third-order valence-electron chi connectivity index (χ3n) is 2.14. The van der Waals surface area contributed by atoms with Gasteiger partial charge in [0.1, 0.15) is 10.8 Å². The molecular formula is C11H14N4S. The highest BCUT2D eigenvalue weighted by Gasteiger charge is 2.05. The summed E-state index contributed by atoms with van der Waals surface area (Å²) in [6.45, 7) is 4.40. The first-order chi connectivity index (χ1) is 7.67. The first kappa shape index (κ1) is 11.2. The Bertz CT molecular complexity index is 492. The second-order valence-corrected chi connectivity index (χ2v) is 4.62. The van der Waals surface area contributed by atoms with Gasteiger partial charge in [-0.15, -0.1) is 11.3 Å². The average Bonchev–Trinajstić information content (AvgIpc) is 2.63. The molecule has 16 heavy (non-hydrogen) atoms. The SMILES string of the molecule is Cc1cc(CN)nc(Cc2nc(C)cs2)n1. The van der Waals surface area contributed by atoms with E-state index in [9.17, 15) is 0 Å². The van der Waals surface area contributed by atoms with Crippen LogP contribution in [0, 0.1) is 13.8 Å². The molecule has 5 heteroatoms. The number of rotatable bonds is 3. The first-order valence-corrected chi connectivity index (χ1v) is 6.00. The van der Waals surface area contributed by atoms with E-state index in [-0.39, 0.29) is 0 Å². The fourth-order valence-electron chi connectivity index (χ4n) is 1.50. The maximum atomic E-state index is 5.58. The van der Waals surface area contributed by atoms with Crippen molar-refractivity contribution in [3.8, 4) is 0 Å². The lowest BCUT2D eigenvalue weighted by Gasteiger charge is -2.02. The number of hydrogen-bond donors (Lipinski definition) is 1. The zero-order valence-electron chi connectivity index (χ0n) is 9.40. The molecule has 0 unspecified atom stereocenters. The minimum absolute atomic E-state index is 0.452. The van der Waals surface area contributed by atoms with Crippen molar-refractivity contribution in [1.82, 2.24) is 15.0 Å². The summed E-state index contributed by atoms with van der Waals surface area (Å²) < 4.78 is 0. The van der Waals surface area contributed by atoms with Crippen molar-refractivity contribution in [1.29, 1.82) is 0 Å². The van der Waals surface area contributed by atoms with Crippen molar-refractivity contribution >= 4 is 11.3 Å². The Morgan fingerprint density at radius 1 is 1.19 bits per heavy atom. The lowest BCUT2D eigenvalue weighted by Crippen LogP contribution is -2.06. The van der Waals surface area contributed by atoms with E-state index in [1.54, 1.807) is 11.3 Å². The van der Waals surface area contributed by atoms with Gasteiger partial charge in [0.15, 0.2) is 0 Å². The zero-order valence-corrected chi connectivity index (χ0v) is 10.2. The molecule has 2 aromatic rings. The number of nitrogens with two attached hydrogens (primary N) is 1. The van der Waals surface area contributed by atoms with Crippen molar-refractivity contribution in [3.63, 3.8) is 0 Å². The van der Waals surface area contributed by atoms with Crippen molar-refractivity contribution in [2.75, 3.05) is 0 Å². The van der Waals surface area contributed by atoms with Gasteiger partial charge in [-0.25, -0.2) is 15.0 Å². The summed E-state index contributed by atoms with van der Waals surface area (Å²) in [6.07, 6.45) is 0.688. The third kappa shape index (κ3) is 2.62. The molecule has 0 amide bonds. The van der Waals surface area contributed by atoms with Crippen LogP contribution in [0.5, 0.6) is 0 Å². The molecule has 84 valence electrons. The molecule has 0 radical (unpaired) electrons. The fraction of sp³-hybridized carbons (Fsp3) is 0.364. The number of thiazole rings is 1. The predicted octanol–water partition coefficient (Wildman–Crippen LogP) is 1.60. The van der Waals surface area contributed by atoms with E-state index in [0.29, 0.717) is 13.0 Å². The molecule has 0 aliphatic heterocycles. The first-order valence-electron chi connectivity index (χ1n) is 5.12. The molecule has 0 bridgehead atoms. The topological polar surface area (TPSA) is 64.7 Å². The standard InChI is InChI=1S/C11H14N4S/c1-7-3-9(5-12)15-10(13-7)4-11-14-8(2)6-16-11/h3,6H,4-5,12H2,1-2H3. The van der Waals surface area contributed by atoms with Crippen LogP contribution < -0.4 is 5.73 Å². The Morgan fingerprint density at radius 2 is 2.00 bits per heavy atom. The maximum absolute atomic E-state index is 5.58. The van der Waals surface area contributed by atoms with Crippen molar-refractivity contribution < 1.29 is 0 Å². The minimum atomic E-state index is 0.452. The third-order valence-corrected chi connectivity index (χ3v) is 3.11. The quantitative estimate of drug-likeness (QED) is 0.876. The van der Waals surface area contributed by atoms with Crippen LogP contribution in [0.2, 0.25) is 0 Å². The molecule has 0 aliphatic rings. The number of aromatic nitrogens is 3. The van der Waals surface area contributed by atoms with Gasteiger partial charge in [-0.1, -0.05) is 0 Å². The van der Waals surface area contributed by atoms with Gasteiger partial charge in [0.05, 0.1) is 12.1 Å². The van der Waals surface area contributed by atoms with E-state index >= 15 is 0 Å². The summed E-state index contributed by atoms with van der Waals surface area (Å²) in [4.78, 5) is 13.2. The van der Waals surface area contributed by atoms with E-state index in [4.69, 9.17) is 5.73 Å². The van der Waals surface area contributed by atoms with Gasteiger partial charge < -0.3 is 5.73 Å². The molecule has 0 saturated heterocycles. The monoisotopic (exact) mass is 234 g/mol. The molecule has 0 saturated carbocycles. The van der Waals surface area contributed by atoms with Crippen molar-refractivity contribution in [3.05, 3.63) is 39.4 Å². The van der Waals surface area contributed by atoms with Crippen LogP contribution in [0.1, 0.15) is 27.9 Å². The van der Waals surface area contributed by atoms with E-state index in [2.05, 4.69) is 15.0 Å². The van der Waals surface area contributed by atoms with Crippen LogP contribution in [-0.2, 0) is 13.0 Å². The van der Waals surface area contributed by atoms with Gasteiger partial charge in [0, 0.05) is 23.3 Å². The highest BCUT2D eigenvalue weighted by molar-refractivity contribution is 7.09. The van der Waals surface area contributed by atoms with Gasteiger partial charge in [-0.2, -0.15) is 0 Å². The molecule has 4 nitrogen and oxygen atoms in total. The second kappa shape index (κ2) is 4.67. The largest absolute Gasteiger partial charge is 0.325 e. The van der Waals surface area contributed by atoms with Gasteiger partial charge in [-0.05, 0) is 19.9 Å². The Kier molecular flexibility index (Phi) is 3.26. The predicted molar refractivity (Wildman–Crippen MR) is 64.3 cm³/mol. The number of hydrogen-bond acceptors (Lipinski definition) is 5. The lowest BCUT2D eigenvalue weighted by molar-refractivity contribution is 0.868. The Hall–Kier alpha value is -1.33. The second-order valence-electron chi connectivity index (χ2n) is 3.68. The molecule has 0 aliphatic carbocycles. The Labute approximate surface area is 98.6 Å². The van der Waals surface area contributed by atoms with Gasteiger partial charge in [-0.3, -0.25) is 0 Å². The van der Waals surface area contributed by atoms with Crippen molar-refractivity contribution in [2.45, 2.75) is 26.8 Å². The van der Waals surface area contributed by atoms with Gasteiger partial charge in [0.25, 0.3) is 0 Å². The smallest absolute Gasteiger partial charge is 0.135 e. The fourth-order valence-corrected chi connectivity index (χ4v) is 2.27. The van der Waals surface area contributed by atoms with Crippen LogP contribution in [0.3, 0.4) is 0 Å². The summed E-state index contributed by atoms with van der Waals surface area (Å²) in [5, 5.41) is 3.08. The summed E-state index contributed by atoms with van der Waals surface area (Å²) >= 11 is 1.64. The number of aryl methyl sites for hydroxylation is 2. The molecule has 0 aromatic carbocycles. The summed E-state index contributed by atoms with van der Waals surface area (Å²) in [7, 11) is 0. The molecule has 2 aromatic heterocycles. The molecule has 2 rings (SSSR count). The van der Waals surface area contributed by atoms with E-state index in [1.165, 1.54) is 0 Å². The van der Waals surface area contributed by atoms with Crippen LogP contribution in [0.4, 0.5) is 0 Å². The molecule has 0 spiro atoms. The normalized spacial score (nSPS) is 10.7. The van der Waals surface area contributed by atoms with Crippen molar-refractivity contribution in [2.24, 2.45) is 5.73 Å². The van der Waals surface area contributed by atoms with E-state index < -0.39 is 0 Å². The molecule has 0 fully saturated rings. The summed E-state index contributed by atoms with van der Waals surface area (Å²) in [5.41, 5.74) is 8.47. The van der Waals surface area contributed by atoms with Crippen LogP contribution >= 0.6 is 11.3 Å². The number of nitrogens with zero attached hydrogens (tertiary/aromatic N) is 3. The molecule has 2 N–H and O–H groups in total. The van der Waals surface area contributed by atoms with Crippen LogP contribution in [0.25, 0.3) is 0 Å². The Balaban J connectivity index is 2.24. The van der Waals surface area contributed by atoms with E-state index in [0.717, 1.165) is 27.9 Å². The van der Waals surface area contributed by atoms with E-state index in [1.807, 2.05) is 25.3 Å². The maximum Gasteiger partial charge on any atom is 0.135 e. The van der Waals surface area contributed by atoms with Gasteiger partial charge >= 0.3 is 0 Å².